The maximum atomic E-state index is 6.14. The van der Waals surface area contributed by atoms with Crippen LogP contribution < -0.4 is 5.73 Å². The Balaban J connectivity index is 2.01. The Labute approximate surface area is 123 Å². The summed E-state index contributed by atoms with van der Waals surface area (Å²) in [7, 11) is 0. The number of aromatic nitrogens is 2. The smallest absolute Gasteiger partial charge is 0.0900 e. The average Bonchev–Trinajstić information content (AvgIpc) is 2.72. The van der Waals surface area contributed by atoms with Gasteiger partial charge in [-0.25, -0.2) is 0 Å². The number of nitrogens with zero attached hydrogens (tertiary/aromatic N) is 2. The Morgan fingerprint density at radius 3 is 2.84 bits per heavy atom. The van der Waals surface area contributed by atoms with E-state index in [1.165, 1.54) is 19.3 Å². The summed E-state index contributed by atoms with van der Waals surface area (Å²) < 4.78 is 9.23. The lowest BCUT2D eigenvalue weighted by Crippen LogP contribution is -2.33. The Kier molecular flexibility index (Phi) is 5.42. The largest absolute Gasteiger partial charge is 0.372 e. The number of ether oxygens (including phenoxy) is 1. The first kappa shape index (κ1) is 15.0. The molecule has 19 heavy (non-hydrogen) atoms. The van der Waals surface area contributed by atoms with Crippen LogP contribution in [-0.2, 0) is 17.9 Å². The van der Waals surface area contributed by atoms with Gasteiger partial charge in [-0.2, -0.15) is 5.10 Å². The molecular formula is C14H24BrN3O. The van der Waals surface area contributed by atoms with Crippen LogP contribution in [0.25, 0.3) is 0 Å². The second kappa shape index (κ2) is 6.86. The standard InChI is InChI=1S/C14H24BrN3O/c1-3-18-12(14(15)10(2)17-18)9-19-13-7-5-4-6-11(13)8-16/h11,13H,3-9,16H2,1-2H3. The lowest BCUT2D eigenvalue weighted by Gasteiger charge is -2.30. The minimum Gasteiger partial charge on any atom is -0.372 e. The van der Waals surface area contributed by atoms with Gasteiger partial charge >= 0.3 is 0 Å². The Bertz CT molecular complexity index is 419. The van der Waals surface area contributed by atoms with E-state index in [0.717, 1.165) is 35.4 Å². The summed E-state index contributed by atoms with van der Waals surface area (Å²) in [6.07, 6.45) is 5.20. The molecule has 2 unspecified atom stereocenters. The fraction of sp³-hybridized carbons (Fsp3) is 0.786. The predicted molar refractivity (Wildman–Crippen MR) is 79.9 cm³/mol. The molecule has 0 aromatic carbocycles. The number of nitrogens with two attached hydrogens (primary N) is 1. The summed E-state index contributed by atoms with van der Waals surface area (Å²) in [5, 5.41) is 4.50. The van der Waals surface area contributed by atoms with Crippen LogP contribution in [0.15, 0.2) is 4.47 Å². The molecule has 0 saturated heterocycles. The van der Waals surface area contributed by atoms with Crippen LogP contribution in [0.3, 0.4) is 0 Å². The van der Waals surface area contributed by atoms with Crippen molar-refractivity contribution in [2.24, 2.45) is 11.7 Å². The van der Waals surface area contributed by atoms with Crippen LogP contribution >= 0.6 is 15.9 Å². The molecule has 1 aliphatic carbocycles. The molecule has 1 heterocycles. The number of aryl methyl sites for hydroxylation is 2. The molecule has 1 aliphatic rings. The average molecular weight is 330 g/mol. The zero-order valence-electron chi connectivity index (χ0n) is 11.9. The molecule has 1 saturated carbocycles. The minimum absolute atomic E-state index is 0.311. The maximum Gasteiger partial charge on any atom is 0.0900 e. The van der Waals surface area contributed by atoms with Crippen molar-refractivity contribution in [3.63, 3.8) is 0 Å². The second-order valence-corrected chi connectivity index (χ2v) is 6.08. The van der Waals surface area contributed by atoms with E-state index in [1.807, 2.05) is 11.6 Å². The summed E-state index contributed by atoms with van der Waals surface area (Å²) in [5.41, 5.74) is 8.01. The zero-order valence-corrected chi connectivity index (χ0v) is 13.4. The molecule has 0 radical (unpaired) electrons. The molecule has 5 heteroatoms. The van der Waals surface area contributed by atoms with Crippen molar-refractivity contribution >= 4 is 15.9 Å². The summed E-state index contributed by atoms with van der Waals surface area (Å²) in [6, 6.07) is 0. The van der Waals surface area contributed by atoms with Gasteiger partial charge in [0, 0.05) is 6.54 Å². The molecule has 108 valence electrons. The van der Waals surface area contributed by atoms with Crippen LogP contribution in [0, 0.1) is 12.8 Å². The van der Waals surface area contributed by atoms with E-state index in [1.54, 1.807) is 0 Å². The van der Waals surface area contributed by atoms with Crippen molar-refractivity contribution in [2.45, 2.75) is 58.8 Å². The van der Waals surface area contributed by atoms with Gasteiger partial charge < -0.3 is 10.5 Å². The van der Waals surface area contributed by atoms with Gasteiger partial charge in [0.1, 0.15) is 0 Å². The topological polar surface area (TPSA) is 53.1 Å². The van der Waals surface area contributed by atoms with Crippen molar-refractivity contribution in [2.75, 3.05) is 6.54 Å². The van der Waals surface area contributed by atoms with Crippen LogP contribution in [0.5, 0.6) is 0 Å². The highest BCUT2D eigenvalue weighted by molar-refractivity contribution is 9.10. The molecule has 2 atom stereocenters. The fourth-order valence-electron chi connectivity index (χ4n) is 2.86. The van der Waals surface area contributed by atoms with Gasteiger partial charge in [0.25, 0.3) is 0 Å². The Morgan fingerprint density at radius 1 is 1.42 bits per heavy atom. The fourth-order valence-corrected chi connectivity index (χ4v) is 3.25. The minimum atomic E-state index is 0.311. The van der Waals surface area contributed by atoms with E-state index < -0.39 is 0 Å². The van der Waals surface area contributed by atoms with Crippen LogP contribution in [0.4, 0.5) is 0 Å². The third-order valence-electron chi connectivity index (χ3n) is 4.03. The molecule has 1 aromatic rings. The monoisotopic (exact) mass is 329 g/mol. The predicted octanol–water partition coefficient (Wildman–Crippen LogP) is 3.01. The van der Waals surface area contributed by atoms with Crippen molar-refractivity contribution in [1.82, 2.24) is 9.78 Å². The summed E-state index contributed by atoms with van der Waals surface area (Å²) >= 11 is 3.61. The molecule has 1 fully saturated rings. The first-order valence-electron chi connectivity index (χ1n) is 7.20. The van der Waals surface area contributed by atoms with Gasteiger partial charge in [0.05, 0.1) is 28.6 Å². The van der Waals surface area contributed by atoms with Crippen LogP contribution in [-0.4, -0.2) is 22.4 Å². The Morgan fingerprint density at radius 2 is 2.16 bits per heavy atom. The van der Waals surface area contributed by atoms with Gasteiger partial charge in [-0.05, 0) is 55.1 Å². The van der Waals surface area contributed by atoms with Gasteiger partial charge in [-0.1, -0.05) is 12.8 Å². The SMILES string of the molecule is CCn1nc(C)c(Br)c1COC1CCCCC1CN. The van der Waals surface area contributed by atoms with Crippen LogP contribution in [0.1, 0.15) is 44.0 Å². The highest BCUT2D eigenvalue weighted by atomic mass is 79.9. The molecule has 0 bridgehead atoms. The van der Waals surface area contributed by atoms with Gasteiger partial charge in [-0.3, -0.25) is 4.68 Å². The first-order chi connectivity index (χ1) is 9.17. The van der Waals surface area contributed by atoms with Crippen molar-refractivity contribution in [1.29, 1.82) is 0 Å². The zero-order chi connectivity index (χ0) is 13.8. The third kappa shape index (κ3) is 3.38. The van der Waals surface area contributed by atoms with E-state index in [-0.39, 0.29) is 0 Å². The maximum absolute atomic E-state index is 6.14. The lowest BCUT2D eigenvalue weighted by molar-refractivity contribution is -0.0211. The van der Waals surface area contributed by atoms with E-state index in [0.29, 0.717) is 18.6 Å². The summed E-state index contributed by atoms with van der Waals surface area (Å²) in [5.74, 6) is 0.520. The van der Waals surface area contributed by atoms with Crippen LogP contribution in [0.2, 0.25) is 0 Å². The normalized spacial score (nSPS) is 23.8. The van der Waals surface area contributed by atoms with E-state index in [9.17, 15) is 0 Å². The molecule has 0 aliphatic heterocycles. The number of halogens is 1. The molecule has 2 N–H and O–H groups in total. The summed E-state index contributed by atoms with van der Waals surface area (Å²) in [4.78, 5) is 0. The number of hydrogen-bond donors (Lipinski definition) is 1. The highest BCUT2D eigenvalue weighted by Crippen LogP contribution is 2.28. The molecule has 4 nitrogen and oxygen atoms in total. The van der Waals surface area contributed by atoms with E-state index in [2.05, 4.69) is 28.0 Å². The first-order valence-corrected chi connectivity index (χ1v) is 8.00. The van der Waals surface area contributed by atoms with E-state index in [4.69, 9.17) is 10.5 Å². The highest BCUT2D eigenvalue weighted by Gasteiger charge is 2.25. The summed E-state index contributed by atoms with van der Waals surface area (Å²) in [6.45, 7) is 6.35. The molecule has 1 aromatic heterocycles. The molecular weight excluding hydrogens is 306 g/mol. The lowest BCUT2D eigenvalue weighted by atomic mass is 9.86. The van der Waals surface area contributed by atoms with Gasteiger partial charge in [0.15, 0.2) is 0 Å². The third-order valence-corrected chi connectivity index (χ3v) is 5.06. The van der Waals surface area contributed by atoms with Crippen molar-refractivity contribution in [3.05, 3.63) is 15.9 Å². The Hall–Kier alpha value is -0.390. The van der Waals surface area contributed by atoms with Gasteiger partial charge in [0.2, 0.25) is 0 Å². The quantitative estimate of drug-likeness (QED) is 0.903. The molecule has 0 spiro atoms. The van der Waals surface area contributed by atoms with Gasteiger partial charge in [-0.15, -0.1) is 0 Å². The van der Waals surface area contributed by atoms with E-state index >= 15 is 0 Å². The molecule has 0 amide bonds. The second-order valence-electron chi connectivity index (χ2n) is 5.29. The number of hydrogen-bond acceptors (Lipinski definition) is 3. The number of rotatable bonds is 5. The van der Waals surface area contributed by atoms with Crippen molar-refractivity contribution in [3.8, 4) is 0 Å². The van der Waals surface area contributed by atoms with Crippen molar-refractivity contribution < 1.29 is 4.74 Å². The molecule has 2 rings (SSSR count).